The average molecular weight is 361 g/mol. The molecule has 26 heavy (non-hydrogen) atoms. The second kappa shape index (κ2) is 6.17. The van der Waals surface area contributed by atoms with Crippen LogP contribution in [0.2, 0.25) is 0 Å². The molecule has 4 rings (SSSR count). The number of ether oxygens (including phenoxy) is 1. The quantitative estimate of drug-likeness (QED) is 0.744. The van der Waals surface area contributed by atoms with E-state index in [-0.39, 0.29) is 22.7 Å². The summed E-state index contributed by atoms with van der Waals surface area (Å²) in [7, 11) is 0. The van der Waals surface area contributed by atoms with E-state index in [0.29, 0.717) is 24.4 Å². The normalized spacial score (nSPS) is 50.4. The van der Waals surface area contributed by atoms with Gasteiger partial charge in [0.05, 0.1) is 6.10 Å². The highest BCUT2D eigenvalue weighted by molar-refractivity contribution is 5.86. The summed E-state index contributed by atoms with van der Waals surface area (Å²) in [4.78, 5) is 12.7. The molecule has 0 spiro atoms. The fraction of sp³-hybridized carbons (Fsp3) is 0.870. The van der Waals surface area contributed by atoms with Crippen molar-refractivity contribution in [2.24, 2.45) is 28.6 Å². The molecule has 0 bridgehead atoms. The lowest BCUT2D eigenvalue weighted by Crippen LogP contribution is -2.58. The average Bonchev–Trinajstić information content (AvgIpc) is 2.90. The number of Topliss-reactive ketones (excluding diaryl/α,β-unsaturated/α-hetero) is 1. The fourth-order valence-corrected chi connectivity index (χ4v) is 7.80. The van der Waals surface area contributed by atoms with Gasteiger partial charge in [-0.3, -0.25) is 4.79 Å². The first-order chi connectivity index (χ1) is 12.3. The standard InChI is InChI=1S/C23H36O3/c1-5-26-23(15(2)24)13-10-20-18-7-6-16-14-17(25)8-11-21(16,3)19(18)9-12-22(20,23)4/h6,17-20,25H,5,7-14H2,1-4H3/t17?,18?,19?,20?,21-,22-,23?/m0/s1. The maximum absolute atomic E-state index is 12.7. The molecule has 0 aliphatic heterocycles. The minimum absolute atomic E-state index is 0.0219. The number of hydrogen-bond donors (Lipinski definition) is 1. The zero-order chi connectivity index (χ0) is 18.7. The van der Waals surface area contributed by atoms with Crippen molar-refractivity contribution >= 4 is 5.78 Å². The second-order valence-corrected chi connectivity index (χ2v) is 9.97. The van der Waals surface area contributed by atoms with Crippen LogP contribution in [-0.2, 0) is 9.53 Å². The fourth-order valence-electron chi connectivity index (χ4n) is 7.80. The lowest BCUT2D eigenvalue weighted by atomic mass is 9.46. The van der Waals surface area contributed by atoms with Gasteiger partial charge in [0.25, 0.3) is 0 Å². The Morgan fingerprint density at radius 2 is 1.92 bits per heavy atom. The zero-order valence-corrected chi connectivity index (χ0v) is 17.0. The Bertz CT molecular complexity index is 625. The minimum atomic E-state index is -0.564. The predicted octanol–water partition coefficient (Wildman–Crippen LogP) is 4.67. The molecule has 7 atom stereocenters. The predicted molar refractivity (Wildman–Crippen MR) is 103 cm³/mol. The monoisotopic (exact) mass is 360 g/mol. The number of ketones is 1. The van der Waals surface area contributed by atoms with Gasteiger partial charge in [-0.15, -0.1) is 0 Å². The van der Waals surface area contributed by atoms with Gasteiger partial charge in [-0.1, -0.05) is 25.5 Å². The Labute approximate surface area is 158 Å². The van der Waals surface area contributed by atoms with Crippen molar-refractivity contribution < 1.29 is 14.6 Å². The first-order valence-corrected chi connectivity index (χ1v) is 10.8. The third-order valence-electron chi connectivity index (χ3n) is 9.16. The molecule has 4 aliphatic rings. The summed E-state index contributed by atoms with van der Waals surface area (Å²) in [6.45, 7) is 9.20. The Hall–Kier alpha value is -0.670. The molecular formula is C23H36O3. The molecule has 0 aromatic heterocycles. The van der Waals surface area contributed by atoms with E-state index >= 15 is 0 Å². The van der Waals surface area contributed by atoms with E-state index < -0.39 is 5.60 Å². The number of fused-ring (bicyclic) bond motifs is 5. The van der Waals surface area contributed by atoms with Gasteiger partial charge in [0.1, 0.15) is 5.60 Å². The van der Waals surface area contributed by atoms with Crippen molar-refractivity contribution in [3.05, 3.63) is 11.6 Å². The highest BCUT2D eigenvalue weighted by atomic mass is 16.5. The molecule has 0 amide bonds. The van der Waals surface area contributed by atoms with Gasteiger partial charge in [-0.05, 0) is 88.4 Å². The molecule has 5 unspecified atom stereocenters. The van der Waals surface area contributed by atoms with Gasteiger partial charge < -0.3 is 9.84 Å². The highest BCUT2D eigenvalue weighted by Gasteiger charge is 2.66. The smallest absolute Gasteiger partial charge is 0.162 e. The molecule has 3 nitrogen and oxygen atoms in total. The summed E-state index contributed by atoms with van der Waals surface area (Å²) >= 11 is 0. The Morgan fingerprint density at radius 1 is 1.19 bits per heavy atom. The minimum Gasteiger partial charge on any atom is -0.393 e. The van der Waals surface area contributed by atoms with Crippen LogP contribution in [0.4, 0.5) is 0 Å². The van der Waals surface area contributed by atoms with Crippen molar-refractivity contribution in [1.29, 1.82) is 0 Å². The number of aliphatic hydroxyl groups is 1. The van der Waals surface area contributed by atoms with Crippen LogP contribution in [-0.4, -0.2) is 29.2 Å². The van der Waals surface area contributed by atoms with E-state index in [4.69, 9.17) is 4.74 Å². The summed E-state index contributed by atoms with van der Waals surface area (Å²) in [5.74, 6) is 2.19. The first kappa shape index (κ1) is 18.7. The summed E-state index contributed by atoms with van der Waals surface area (Å²) in [5.41, 5.74) is 1.19. The van der Waals surface area contributed by atoms with Crippen molar-refractivity contribution in [3.63, 3.8) is 0 Å². The van der Waals surface area contributed by atoms with Gasteiger partial charge in [-0.2, -0.15) is 0 Å². The van der Waals surface area contributed by atoms with Crippen LogP contribution in [0.15, 0.2) is 11.6 Å². The number of rotatable bonds is 3. The third-order valence-corrected chi connectivity index (χ3v) is 9.16. The van der Waals surface area contributed by atoms with Crippen LogP contribution in [0, 0.1) is 28.6 Å². The Balaban J connectivity index is 1.69. The summed E-state index contributed by atoms with van der Waals surface area (Å²) in [6.07, 6.45) is 10.7. The molecule has 146 valence electrons. The maximum Gasteiger partial charge on any atom is 0.162 e. The molecule has 3 fully saturated rings. The van der Waals surface area contributed by atoms with Gasteiger partial charge in [0.2, 0.25) is 0 Å². The first-order valence-electron chi connectivity index (χ1n) is 10.8. The van der Waals surface area contributed by atoms with E-state index in [1.807, 2.05) is 6.92 Å². The molecule has 3 heteroatoms. The second-order valence-electron chi connectivity index (χ2n) is 9.97. The van der Waals surface area contributed by atoms with E-state index in [9.17, 15) is 9.90 Å². The van der Waals surface area contributed by atoms with E-state index in [1.54, 1.807) is 6.92 Å². The Morgan fingerprint density at radius 3 is 2.62 bits per heavy atom. The number of carbonyl (C=O) groups excluding carboxylic acids is 1. The lowest BCUT2D eigenvalue weighted by Gasteiger charge is -2.59. The van der Waals surface area contributed by atoms with E-state index in [2.05, 4.69) is 19.9 Å². The third kappa shape index (κ3) is 2.29. The molecule has 0 aromatic carbocycles. The molecule has 0 radical (unpaired) electrons. The van der Waals surface area contributed by atoms with Crippen molar-refractivity contribution in [1.82, 2.24) is 0 Å². The molecule has 3 saturated carbocycles. The van der Waals surface area contributed by atoms with Crippen molar-refractivity contribution in [2.75, 3.05) is 6.61 Å². The zero-order valence-electron chi connectivity index (χ0n) is 17.0. The topological polar surface area (TPSA) is 46.5 Å². The van der Waals surface area contributed by atoms with Crippen LogP contribution in [0.1, 0.15) is 79.1 Å². The maximum atomic E-state index is 12.7. The number of carbonyl (C=O) groups is 1. The Kier molecular flexibility index (Phi) is 4.43. The van der Waals surface area contributed by atoms with Gasteiger partial charge in [0, 0.05) is 12.0 Å². The van der Waals surface area contributed by atoms with Crippen LogP contribution in [0.3, 0.4) is 0 Å². The lowest BCUT2D eigenvalue weighted by molar-refractivity contribution is -0.173. The number of allylic oxidation sites excluding steroid dienone is 1. The van der Waals surface area contributed by atoms with Crippen LogP contribution >= 0.6 is 0 Å². The van der Waals surface area contributed by atoms with E-state index in [0.717, 1.165) is 44.9 Å². The van der Waals surface area contributed by atoms with E-state index in [1.165, 1.54) is 12.0 Å². The van der Waals surface area contributed by atoms with Gasteiger partial charge in [-0.25, -0.2) is 0 Å². The SMILES string of the molecule is CCOC1(C(C)=O)CCC2C3CC=C4CC(O)CC[C@]4(C)C3CC[C@@]21C. The number of aliphatic hydroxyl groups excluding tert-OH is 1. The summed E-state index contributed by atoms with van der Waals surface area (Å²) < 4.78 is 6.25. The molecular weight excluding hydrogens is 324 g/mol. The molecule has 4 aliphatic carbocycles. The van der Waals surface area contributed by atoms with Crippen LogP contribution < -0.4 is 0 Å². The van der Waals surface area contributed by atoms with Crippen molar-refractivity contribution in [3.8, 4) is 0 Å². The van der Waals surface area contributed by atoms with Gasteiger partial charge in [0.15, 0.2) is 5.78 Å². The van der Waals surface area contributed by atoms with Gasteiger partial charge >= 0.3 is 0 Å². The van der Waals surface area contributed by atoms with Crippen molar-refractivity contribution in [2.45, 2.75) is 90.8 Å². The molecule has 0 aromatic rings. The molecule has 0 heterocycles. The summed E-state index contributed by atoms with van der Waals surface area (Å²) in [5, 5.41) is 10.1. The highest BCUT2D eigenvalue weighted by Crippen LogP contribution is 2.68. The summed E-state index contributed by atoms with van der Waals surface area (Å²) in [6, 6.07) is 0. The molecule has 1 N–H and O–H groups in total. The van der Waals surface area contributed by atoms with Crippen LogP contribution in [0.5, 0.6) is 0 Å². The number of hydrogen-bond acceptors (Lipinski definition) is 3. The largest absolute Gasteiger partial charge is 0.393 e. The molecule has 0 saturated heterocycles. The van der Waals surface area contributed by atoms with Crippen LogP contribution in [0.25, 0.3) is 0 Å².